The maximum atomic E-state index is 12.0. The Balaban J connectivity index is 3.03. The molecule has 0 aliphatic rings. The van der Waals surface area contributed by atoms with E-state index in [1.54, 1.807) is 0 Å². The molecule has 0 saturated heterocycles. The van der Waals surface area contributed by atoms with Gasteiger partial charge in [0.15, 0.2) is 0 Å². The van der Waals surface area contributed by atoms with Crippen molar-refractivity contribution in [3.8, 4) is 0 Å². The summed E-state index contributed by atoms with van der Waals surface area (Å²) in [6.07, 6.45) is 3.63. The Morgan fingerprint density at radius 1 is 0.737 bits per heavy atom. The summed E-state index contributed by atoms with van der Waals surface area (Å²) in [5, 5.41) is 0. The van der Waals surface area contributed by atoms with Crippen LogP contribution < -0.4 is 0 Å². The van der Waals surface area contributed by atoms with Gasteiger partial charge in [-0.05, 0) is 12.8 Å². The number of unbranched alkanes of at least 4 members (excludes halogenated alkanes) is 5. The molecule has 0 radical (unpaired) electrons. The van der Waals surface area contributed by atoms with Gasteiger partial charge in [-0.2, -0.15) is 0 Å². The average Bonchev–Trinajstić information content (AvgIpc) is 2.28. The van der Waals surface area contributed by atoms with E-state index in [0.29, 0.717) is 12.8 Å². The lowest BCUT2D eigenvalue weighted by atomic mass is 10.1. The van der Waals surface area contributed by atoms with Gasteiger partial charge < -0.3 is 0 Å². The molecule has 0 aliphatic carbocycles. The fourth-order valence-electron chi connectivity index (χ4n) is 2.04. The van der Waals surface area contributed by atoms with E-state index in [9.17, 15) is 21.1 Å². The summed E-state index contributed by atoms with van der Waals surface area (Å²) in [6, 6.07) is 1.71. The van der Waals surface area contributed by atoms with Crippen LogP contribution in [-0.4, -0.2) is 25.0 Å². The van der Waals surface area contributed by atoms with Crippen LogP contribution in [0.15, 0.2) is 0 Å². The number of halogens is 5. The third-order valence-corrected chi connectivity index (χ3v) is 6.05. The lowest BCUT2D eigenvalue weighted by Crippen LogP contribution is -2.13. The van der Waals surface area contributed by atoms with Gasteiger partial charge in [0.2, 0.25) is 6.43 Å². The predicted octanol–water partition coefficient (Wildman–Crippen LogP) is 5.23. The highest BCUT2D eigenvalue weighted by Crippen LogP contribution is 2.19. The lowest BCUT2D eigenvalue weighted by Gasteiger charge is -2.03. The van der Waals surface area contributed by atoms with Crippen LogP contribution in [0.2, 0.25) is 18.1 Å². The first-order chi connectivity index (χ1) is 8.92. The van der Waals surface area contributed by atoms with Crippen LogP contribution in [0.4, 0.5) is 21.1 Å². The van der Waals surface area contributed by atoms with Crippen molar-refractivity contribution in [1.82, 2.24) is 0 Å². The standard InChI is InChI=1S/C12H25F5Si2/c13-12(14)8-4-2-1-3-5-9-18-10-6-7-11-19(15,16)17/h12H,1-11,18H2. The summed E-state index contributed by atoms with van der Waals surface area (Å²) in [4.78, 5) is 0. The van der Waals surface area contributed by atoms with E-state index in [-0.39, 0.29) is 15.9 Å². The largest absolute Gasteiger partial charge is 0.616 e. The number of rotatable bonds is 13. The smallest absolute Gasteiger partial charge is 0.238 e. The highest BCUT2D eigenvalue weighted by atomic mass is 28.5. The van der Waals surface area contributed by atoms with Crippen molar-refractivity contribution in [3.05, 3.63) is 0 Å². The van der Waals surface area contributed by atoms with Crippen molar-refractivity contribution in [2.45, 2.75) is 75.9 Å². The summed E-state index contributed by atoms with van der Waals surface area (Å²) in [7, 11) is -5.47. The molecule has 0 heterocycles. The maximum absolute atomic E-state index is 12.0. The second kappa shape index (κ2) is 11.9. The van der Waals surface area contributed by atoms with E-state index in [2.05, 4.69) is 0 Å². The van der Waals surface area contributed by atoms with Crippen molar-refractivity contribution in [3.63, 3.8) is 0 Å². The Bertz CT molecular complexity index is 197. The molecule has 0 unspecified atom stereocenters. The van der Waals surface area contributed by atoms with E-state index < -0.39 is 21.5 Å². The molecule has 0 bridgehead atoms. The van der Waals surface area contributed by atoms with E-state index >= 15 is 0 Å². The molecule has 0 N–H and O–H groups in total. The minimum Gasteiger partial charge on any atom is -0.238 e. The van der Waals surface area contributed by atoms with Gasteiger partial charge in [-0.25, -0.2) is 21.1 Å². The lowest BCUT2D eigenvalue weighted by molar-refractivity contribution is 0.133. The van der Waals surface area contributed by atoms with Crippen molar-refractivity contribution < 1.29 is 21.1 Å². The van der Waals surface area contributed by atoms with Crippen LogP contribution >= 0.6 is 0 Å². The Hall–Kier alpha value is 0.0838. The predicted molar refractivity (Wildman–Crippen MR) is 75.0 cm³/mol. The van der Waals surface area contributed by atoms with Gasteiger partial charge in [-0.1, -0.05) is 44.2 Å². The van der Waals surface area contributed by atoms with Crippen LogP contribution in [0.25, 0.3) is 0 Å². The van der Waals surface area contributed by atoms with E-state index in [4.69, 9.17) is 0 Å². The van der Waals surface area contributed by atoms with Gasteiger partial charge in [-0.3, -0.25) is 0 Å². The van der Waals surface area contributed by atoms with Crippen LogP contribution in [0.3, 0.4) is 0 Å². The molecule has 0 aromatic carbocycles. The quantitative estimate of drug-likeness (QED) is 0.189. The first-order valence-electron chi connectivity index (χ1n) is 7.27. The van der Waals surface area contributed by atoms with Crippen molar-refractivity contribution >= 4 is 18.6 Å². The zero-order valence-corrected chi connectivity index (χ0v) is 13.9. The summed E-state index contributed by atoms with van der Waals surface area (Å²) >= 11 is 0. The second-order valence-corrected chi connectivity index (χ2v) is 8.93. The van der Waals surface area contributed by atoms with Crippen LogP contribution in [0, 0.1) is 0 Å². The molecular formula is C12H25F5Si2. The van der Waals surface area contributed by atoms with E-state index in [1.165, 1.54) is 6.04 Å². The first kappa shape index (κ1) is 19.1. The average molecular weight is 320 g/mol. The maximum Gasteiger partial charge on any atom is 0.616 e. The molecule has 0 saturated carbocycles. The monoisotopic (exact) mass is 320 g/mol. The highest BCUT2D eigenvalue weighted by Gasteiger charge is 2.35. The highest BCUT2D eigenvalue weighted by molar-refractivity contribution is 6.58. The molecule has 0 amide bonds. The molecule has 0 atom stereocenters. The van der Waals surface area contributed by atoms with Gasteiger partial charge >= 0.3 is 9.08 Å². The molecule has 0 spiro atoms. The molecule has 19 heavy (non-hydrogen) atoms. The van der Waals surface area contributed by atoms with Gasteiger partial charge in [0.25, 0.3) is 0 Å². The van der Waals surface area contributed by atoms with Gasteiger partial charge in [0.1, 0.15) is 0 Å². The first-order valence-corrected chi connectivity index (χ1v) is 11.1. The number of hydrogen-bond acceptors (Lipinski definition) is 0. The second-order valence-electron chi connectivity index (χ2n) is 5.08. The van der Waals surface area contributed by atoms with Gasteiger partial charge in [0.05, 0.1) is 0 Å². The molecule has 7 heteroatoms. The zero-order valence-electron chi connectivity index (χ0n) is 11.5. The molecule has 0 aromatic rings. The Kier molecular flexibility index (Phi) is 11.9. The fraction of sp³-hybridized carbons (Fsp3) is 1.00. The Morgan fingerprint density at radius 3 is 1.84 bits per heavy atom. The molecule has 0 rings (SSSR count). The molecular weight excluding hydrogens is 295 g/mol. The van der Waals surface area contributed by atoms with Crippen LogP contribution in [-0.2, 0) is 0 Å². The summed E-state index contributed by atoms with van der Waals surface area (Å²) in [6.45, 7) is 0. The number of alkyl halides is 2. The van der Waals surface area contributed by atoms with Gasteiger partial charge in [-0.15, -0.1) is 0 Å². The van der Waals surface area contributed by atoms with Crippen LogP contribution in [0.5, 0.6) is 0 Å². The minimum absolute atomic E-state index is 0.0112. The van der Waals surface area contributed by atoms with Gasteiger partial charge in [0, 0.05) is 22.0 Å². The fourth-order valence-corrected chi connectivity index (χ4v) is 4.46. The molecule has 116 valence electrons. The Morgan fingerprint density at radius 2 is 1.26 bits per heavy atom. The zero-order chi connectivity index (χ0) is 14.6. The Labute approximate surface area is 116 Å². The van der Waals surface area contributed by atoms with Crippen molar-refractivity contribution in [1.29, 1.82) is 0 Å². The van der Waals surface area contributed by atoms with E-state index in [0.717, 1.165) is 38.1 Å². The molecule has 0 aromatic heterocycles. The molecule has 0 fully saturated rings. The van der Waals surface area contributed by atoms with Crippen LogP contribution in [0.1, 0.15) is 51.4 Å². The third kappa shape index (κ3) is 18.1. The summed E-state index contributed by atoms with van der Waals surface area (Å²) in [5.74, 6) is 0. The molecule has 0 nitrogen and oxygen atoms in total. The normalized spacial score (nSPS) is 12.9. The van der Waals surface area contributed by atoms with Crippen molar-refractivity contribution in [2.75, 3.05) is 0 Å². The van der Waals surface area contributed by atoms with Crippen molar-refractivity contribution in [2.24, 2.45) is 0 Å². The number of hydrogen-bond donors (Lipinski definition) is 0. The summed E-state index contributed by atoms with van der Waals surface area (Å²) in [5.41, 5.74) is 0. The minimum atomic E-state index is -5.30. The SMILES string of the molecule is FC(F)CCCCCCC[SiH2]CCCC[Si](F)(F)F. The van der Waals surface area contributed by atoms with E-state index in [1.807, 2.05) is 0 Å². The summed E-state index contributed by atoms with van der Waals surface area (Å²) < 4.78 is 59.6. The topological polar surface area (TPSA) is 0 Å². The molecule has 0 aliphatic heterocycles. The third-order valence-electron chi connectivity index (χ3n) is 3.13.